The molecule has 0 fully saturated rings. The lowest BCUT2D eigenvalue weighted by atomic mass is 10.2. The number of pyridine rings is 1. The van der Waals surface area contributed by atoms with E-state index in [0.717, 1.165) is 36.6 Å². The zero-order valence-electron chi connectivity index (χ0n) is 10.2. The molecule has 2 aromatic heterocycles. The Morgan fingerprint density at radius 2 is 2.24 bits per heavy atom. The first-order chi connectivity index (χ1) is 8.35. The van der Waals surface area contributed by atoms with Gasteiger partial charge in [0.25, 0.3) is 0 Å². The minimum absolute atomic E-state index is 0.864. The van der Waals surface area contributed by atoms with Gasteiger partial charge in [0.2, 0.25) is 0 Å². The molecule has 2 heterocycles. The van der Waals surface area contributed by atoms with Crippen LogP contribution in [0.3, 0.4) is 0 Å². The molecule has 0 aliphatic rings. The van der Waals surface area contributed by atoms with Gasteiger partial charge in [0.1, 0.15) is 5.69 Å². The maximum absolute atomic E-state index is 4.37. The highest BCUT2D eigenvalue weighted by Crippen LogP contribution is 2.19. The number of anilines is 1. The highest BCUT2D eigenvalue weighted by molar-refractivity contribution is 5.59. The lowest BCUT2D eigenvalue weighted by molar-refractivity contribution is 0.583. The second-order valence-electron chi connectivity index (χ2n) is 3.80. The van der Waals surface area contributed by atoms with Crippen LogP contribution in [0.2, 0.25) is 0 Å². The summed E-state index contributed by atoms with van der Waals surface area (Å²) in [7, 11) is 0. The molecule has 1 N–H and O–H groups in total. The first-order valence-electron chi connectivity index (χ1n) is 5.94. The molecule has 0 aromatic carbocycles. The molecule has 2 rings (SSSR count). The number of aryl methyl sites for hydroxylation is 1. The molecule has 2 aromatic rings. The van der Waals surface area contributed by atoms with Gasteiger partial charge >= 0.3 is 0 Å². The highest BCUT2D eigenvalue weighted by atomic mass is 15.4. The maximum Gasteiger partial charge on any atom is 0.107 e. The van der Waals surface area contributed by atoms with Gasteiger partial charge in [-0.1, -0.05) is 12.1 Å². The summed E-state index contributed by atoms with van der Waals surface area (Å²) in [6.45, 7) is 5.95. The van der Waals surface area contributed by atoms with E-state index in [1.54, 1.807) is 12.4 Å². The number of nitrogens with zero attached hydrogens (tertiary/aromatic N) is 4. The fourth-order valence-electron chi connectivity index (χ4n) is 1.72. The molecule has 5 heteroatoms. The topological polar surface area (TPSA) is 55.6 Å². The largest absolute Gasteiger partial charge is 0.385 e. The van der Waals surface area contributed by atoms with Crippen LogP contribution in [0.15, 0.2) is 24.5 Å². The van der Waals surface area contributed by atoms with Gasteiger partial charge in [0.15, 0.2) is 0 Å². The Balaban J connectivity index is 2.31. The molecule has 5 nitrogen and oxygen atoms in total. The Morgan fingerprint density at radius 3 is 3.00 bits per heavy atom. The van der Waals surface area contributed by atoms with E-state index < -0.39 is 0 Å². The molecule has 0 aliphatic carbocycles. The minimum Gasteiger partial charge on any atom is -0.385 e. The van der Waals surface area contributed by atoms with Crippen molar-refractivity contribution in [2.45, 2.75) is 26.8 Å². The number of rotatable bonds is 5. The van der Waals surface area contributed by atoms with Crippen molar-refractivity contribution in [2.75, 3.05) is 11.9 Å². The number of hydrogen-bond donors (Lipinski definition) is 1. The Labute approximate surface area is 101 Å². The van der Waals surface area contributed by atoms with Gasteiger partial charge in [-0.25, -0.2) is 4.68 Å². The summed E-state index contributed by atoms with van der Waals surface area (Å²) in [5.41, 5.74) is 2.94. The van der Waals surface area contributed by atoms with Gasteiger partial charge < -0.3 is 5.32 Å². The molecule has 0 atom stereocenters. The van der Waals surface area contributed by atoms with Crippen molar-refractivity contribution in [3.05, 3.63) is 24.5 Å². The highest BCUT2D eigenvalue weighted by Gasteiger charge is 2.07. The standard InChI is InChI=1S/C12H17N5/c1-3-7-17-12(9-15-16-17)11-8-10(13-4-2)5-6-14-11/h5-6,8-9H,3-4,7H2,1-2H3,(H,13,14). The van der Waals surface area contributed by atoms with Crippen LogP contribution in [0.4, 0.5) is 5.69 Å². The van der Waals surface area contributed by atoms with E-state index in [-0.39, 0.29) is 0 Å². The van der Waals surface area contributed by atoms with Crippen LogP contribution >= 0.6 is 0 Å². The normalized spacial score (nSPS) is 10.5. The van der Waals surface area contributed by atoms with E-state index in [4.69, 9.17) is 0 Å². The first-order valence-corrected chi connectivity index (χ1v) is 5.94. The van der Waals surface area contributed by atoms with Crippen LogP contribution in [0.25, 0.3) is 11.4 Å². The summed E-state index contributed by atoms with van der Waals surface area (Å²) in [6, 6.07) is 3.98. The molecule has 17 heavy (non-hydrogen) atoms. The van der Waals surface area contributed by atoms with E-state index in [1.807, 2.05) is 16.8 Å². The summed E-state index contributed by atoms with van der Waals surface area (Å²) in [5, 5.41) is 11.3. The molecule has 0 spiro atoms. The van der Waals surface area contributed by atoms with E-state index in [2.05, 4.69) is 34.5 Å². The molecule has 0 bridgehead atoms. The third-order valence-corrected chi connectivity index (χ3v) is 2.46. The lowest BCUT2D eigenvalue weighted by Crippen LogP contribution is -2.03. The van der Waals surface area contributed by atoms with Crippen LogP contribution in [0.1, 0.15) is 20.3 Å². The van der Waals surface area contributed by atoms with Crippen molar-refractivity contribution in [1.29, 1.82) is 0 Å². The second kappa shape index (κ2) is 5.43. The molecule has 0 aliphatic heterocycles. The molecule has 90 valence electrons. The van der Waals surface area contributed by atoms with Crippen molar-refractivity contribution >= 4 is 5.69 Å². The van der Waals surface area contributed by atoms with Crippen LogP contribution in [0.5, 0.6) is 0 Å². The molecular weight excluding hydrogens is 214 g/mol. The Morgan fingerprint density at radius 1 is 1.35 bits per heavy atom. The van der Waals surface area contributed by atoms with Gasteiger partial charge in [0.05, 0.1) is 11.9 Å². The number of nitrogens with one attached hydrogen (secondary N) is 1. The predicted molar refractivity (Wildman–Crippen MR) is 67.7 cm³/mol. The Bertz CT molecular complexity index is 477. The molecule has 0 saturated heterocycles. The van der Waals surface area contributed by atoms with Crippen LogP contribution in [-0.4, -0.2) is 26.5 Å². The average Bonchev–Trinajstić information content (AvgIpc) is 2.79. The summed E-state index contributed by atoms with van der Waals surface area (Å²) in [5.74, 6) is 0. The van der Waals surface area contributed by atoms with Gasteiger partial charge in [-0.15, -0.1) is 5.10 Å². The van der Waals surface area contributed by atoms with E-state index in [0.29, 0.717) is 0 Å². The fourth-order valence-corrected chi connectivity index (χ4v) is 1.72. The lowest BCUT2D eigenvalue weighted by Gasteiger charge is -2.06. The van der Waals surface area contributed by atoms with E-state index in [1.165, 1.54) is 0 Å². The fraction of sp³-hybridized carbons (Fsp3) is 0.417. The van der Waals surface area contributed by atoms with Crippen molar-refractivity contribution in [1.82, 2.24) is 20.0 Å². The van der Waals surface area contributed by atoms with Crippen molar-refractivity contribution in [2.24, 2.45) is 0 Å². The third kappa shape index (κ3) is 2.61. The van der Waals surface area contributed by atoms with E-state index in [9.17, 15) is 0 Å². The Kier molecular flexibility index (Phi) is 3.69. The SMILES string of the molecule is CCCn1nncc1-c1cc(NCC)ccn1. The number of hydrogen-bond acceptors (Lipinski definition) is 4. The van der Waals surface area contributed by atoms with Gasteiger partial charge in [0, 0.05) is 25.0 Å². The average molecular weight is 231 g/mol. The number of aromatic nitrogens is 4. The smallest absolute Gasteiger partial charge is 0.107 e. The minimum atomic E-state index is 0.864. The monoisotopic (exact) mass is 231 g/mol. The maximum atomic E-state index is 4.37. The van der Waals surface area contributed by atoms with Crippen molar-refractivity contribution < 1.29 is 0 Å². The van der Waals surface area contributed by atoms with Crippen LogP contribution < -0.4 is 5.32 Å². The van der Waals surface area contributed by atoms with Crippen molar-refractivity contribution in [3.8, 4) is 11.4 Å². The first kappa shape index (κ1) is 11.6. The third-order valence-electron chi connectivity index (χ3n) is 2.46. The second-order valence-corrected chi connectivity index (χ2v) is 3.80. The summed E-state index contributed by atoms with van der Waals surface area (Å²) < 4.78 is 1.89. The van der Waals surface area contributed by atoms with Gasteiger partial charge in [-0.2, -0.15) is 0 Å². The summed E-state index contributed by atoms with van der Waals surface area (Å²) in [4.78, 5) is 4.37. The van der Waals surface area contributed by atoms with Gasteiger partial charge in [-0.3, -0.25) is 4.98 Å². The zero-order chi connectivity index (χ0) is 12.1. The van der Waals surface area contributed by atoms with E-state index >= 15 is 0 Å². The molecule has 0 radical (unpaired) electrons. The molecular formula is C12H17N5. The van der Waals surface area contributed by atoms with Crippen LogP contribution in [-0.2, 0) is 6.54 Å². The predicted octanol–water partition coefficient (Wildman–Crippen LogP) is 2.18. The van der Waals surface area contributed by atoms with Crippen LogP contribution in [0, 0.1) is 0 Å². The molecule has 0 unspecified atom stereocenters. The quantitative estimate of drug-likeness (QED) is 0.857. The summed E-state index contributed by atoms with van der Waals surface area (Å²) in [6.07, 6.45) is 4.59. The molecule has 0 saturated carbocycles. The molecule has 0 amide bonds. The zero-order valence-corrected chi connectivity index (χ0v) is 10.2. The Hall–Kier alpha value is -1.91. The van der Waals surface area contributed by atoms with Crippen molar-refractivity contribution in [3.63, 3.8) is 0 Å². The van der Waals surface area contributed by atoms with Gasteiger partial charge in [-0.05, 0) is 25.5 Å². The summed E-state index contributed by atoms with van der Waals surface area (Å²) >= 11 is 0.